The number of amides is 1. The summed E-state index contributed by atoms with van der Waals surface area (Å²) in [6.45, 7) is 0.340. The largest absolute Gasteiger partial charge is 0.421 e. The number of carbonyl (C=O) groups is 1. The Bertz CT molecular complexity index is 887. The molecule has 1 amide bonds. The van der Waals surface area contributed by atoms with Gasteiger partial charge in [-0.05, 0) is 17.7 Å². The van der Waals surface area contributed by atoms with Crippen LogP contribution in [0.25, 0.3) is 11.0 Å². The fraction of sp³-hybridized carbons (Fsp3) is 0.0588. The van der Waals surface area contributed by atoms with Crippen molar-refractivity contribution in [2.24, 2.45) is 0 Å². The van der Waals surface area contributed by atoms with Crippen LogP contribution in [0.4, 0.5) is 0 Å². The maximum Gasteiger partial charge on any atom is 0.349 e. The third kappa shape index (κ3) is 2.87. The Morgan fingerprint density at radius 3 is 2.64 bits per heavy atom. The summed E-state index contributed by atoms with van der Waals surface area (Å²) in [6.07, 6.45) is 0. The maximum absolute atomic E-state index is 12.2. The average Bonchev–Trinajstić information content (AvgIpc) is 2.54. The van der Waals surface area contributed by atoms with Gasteiger partial charge in [-0.25, -0.2) is 4.79 Å². The van der Waals surface area contributed by atoms with E-state index in [4.69, 9.17) is 16.0 Å². The van der Waals surface area contributed by atoms with Crippen molar-refractivity contribution in [3.63, 3.8) is 0 Å². The van der Waals surface area contributed by atoms with Crippen LogP contribution in [0.2, 0.25) is 5.02 Å². The molecule has 22 heavy (non-hydrogen) atoms. The second kappa shape index (κ2) is 6.03. The van der Waals surface area contributed by atoms with Gasteiger partial charge in [0.1, 0.15) is 5.56 Å². The lowest BCUT2D eigenvalue weighted by atomic mass is 10.1. The molecule has 110 valence electrons. The molecule has 0 saturated carbocycles. The van der Waals surface area contributed by atoms with Crippen molar-refractivity contribution in [3.05, 3.63) is 81.2 Å². The number of benzene rings is 2. The molecule has 2 aromatic carbocycles. The van der Waals surface area contributed by atoms with Crippen LogP contribution in [0.1, 0.15) is 15.9 Å². The lowest BCUT2D eigenvalue weighted by Crippen LogP contribution is -2.27. The number of nitrogens with one attached hydrogen (secondary N) is 1. The molecule has 3 rings (SSSR count). The Hall–Kier alpha value is -2.59. The standard InChI is InChI=1S/C17H12ClNO3/c18-14-8-4-7-12-9-13(17(21)22-15(12)14)16(20)19-10-11-5-2-1-3-6-11/h1-9H,10H2,(H,19,20). The van der Waals surface area contributed by atoms with Gasteiger partial charge < -0.3 is 9.73 Å². The summed E-state index contributed by atoms with van der Waals surface area (Å²) in [5.74, 6) is -0.473. The molecule has 0 spiro atoms. The van der Waals surface area contributed by atoms with Crippen molar-refractivity contribution in [1.29, 1.82) is 0 Å². The Labute approximate surface area is 131 Å². The molecule has 1 aromatic heterocycles. The highest BCUT2D eigenvalue weighted by Gasteiger charge is 2.14. The van der Waals surface area contributed by atoms with E-state index in [1.807, 2.05) is 30.3 Å². The van der Waals surface area contributed by atoms with E-state index < -0.39 is 11.5 Å². The Morgan fingerprint density at radius 2 is 1.86 bits per heavy atom. The summed E-state index contributed by atoms with van der Waals surface area (Å²) in [4.78, 5) is 24.1. The van der Waals surface area contributed by atoms with Crippen molar-refractivity contribution in [1.82, 2.24) is 5.32 Å². The summed E-state index contributed by atoms with van der Waals surface area (Å²) in [5, 5.41) is 3.65. The van der Waals surface area contributed by atoms with Gasteiger partial charge in [-0.1, -0.05) is 54.1 Å². The van der Waals surface area contributed by atoms with Gasteiger partial charge in [-0.2, -0.15) is 0 Å². The van der Waals surface area contributed by atoms with Gasteiger partial charge in [0, 0.05) is 11.9 Å². The first-order valence-corrected chi connectivity index (χ1v) is 7.07. The number of fused-ring (bicyclic) bond motifs is 1. The van der Waals surface area contributed by atoms with Crippen LogP contribution in [0.15, 0.2) is 63.8 Å². The van der Waals surface area contributed by atoms with E-state index in [2.05, 4.69) is 5.32 Å². The summed E-state index contributed by atoms with van der Waals surface area (Å²) in [7, 11) is 0. The van der Waals surface area contributed by atoms with Crippen LogP contribution < -0.4 is 10.9 Å². The van der Waals surface area contributed by atoms with Crippen LogP contribution in [-0.4, -0.2) is 5.91 Å². The molecular weight excluding hydrogens is 302 g/mol. The monoisotopic (exact) mass is 313 g/mol. The average molecular weight is 314 g/mol. The van der Waals surface area contributed by atoms with Crippen molar-refractivity contribution < 1.29 is 9.21 Å². The first-order chi connectivity index (χ1) is 10.6. The molecular formula is C17H12ClNO3. The predicted octanol–water partition coefficient (Wildman–Crippen LogP) is 3.38. The van der Waals surface area contributed by atoms with Gasteiger partial charge in [0.05, 0.1) is 5.02 Å². The molecule has 0 aliphatic heterocycles. The molecule has 0 aliphatic carbocycles. The van der Waals surface area contributed by atoms with Gasteiger partial charge in [0.25, 0.3) is 5.91 Å². The van der Waals surface area contributed by atoms with E-state index in [0.717, 1.165) is 5.56 Å². The predicted molar refractivity (Wildman–Crippen MR) is 85.1 cm³/mol. The number of rotatable bonds is 3. The zero-order valence-electron chi connectivity index (χ0n) is 11.5. The van der Waals surface area contributed by atoms with E-state index in [-0.39, 0.29) is 11.1 Å². The van der Waals surface area contributed by atoms with Crippen LogP contribution in [-0.2, 0) is 6.54 Å². The molecule has 4 nitrogen and oxygen atoms in total. The van der Waals surface area contributed by atoms with Crippen molar-refractivity contribution >= 4 is 28.5 Å². The minimum Gasteiger partial charge on any atom is -0.421 e. The summed E-state index contributed by atoms with van der Waals surface area (Å²) >= 11 is 5.97. The quantitative estimate of drug-likeness (QED) is 0.754. The maximum atomic E-state index is 12.2. The lowest BCUT2D eigenvalue weighted by molar-refractivity contribution is 0.0947. The summed E-state index contributed by atoms with van der Waals surface area (Å²) in [6, 6.07) is 16.0. The third-order valence-corrected chi connectivity index (χ3v) is 3.55. The van der Waals surface area contributed by atoms with Crippen LogP contribution in [0.3, 0.4) is 0 Å². The normalized spacial score (nSPS) is 10.6. The highest BCUT2D eigenvalue weighted by Crippen LogP contribution is 2.22. The smallest absolute Gasteiger partial charge is 0.349 e. The van der Waals surface area contributed by atoms with E-state index in [9.17, 15) is 9.59 Å². The van der Waals surface area contributed by atoms with E-state index in [0.29, 0.717) is 17.0 Å². The molecule has 1 N–H and O–H groups in total. The SMILES string of the molecule is O=C(NCc1ccccc1)c1cc2cccc(Cl)c2oc1=O. The minimum absolute atomic E-state index is 0.0364. The number of halogens is 1. The number of hydrogen-bond donors (Lipinski definition) is 1. The van der Waals surface area contributed by atoms with E-state index in [1.54, 1.807) is 18.2 Å². The first kappa shape index (κ1) is 14.4. The Kier molecular flexibility index (Phi) is 3.94. The molecule has 0 saturated heterocycles. The number of carbonyl (C=O) groups excluding carboxylic acids is 1. The van der Waals surface area contributed by atoms with Crippen LogP contribution in [0.5, 0.6) is 0 Å². The zero-order valence-corrected chi connectivity index (χ0v) is 12.3. The van der Waals surface area contributed by atoms with E-state index >= 15 is 0 Å². The molecule has 3 aromatic rings. The minimum atomic E-state index is -0.703. The number of para-hydroxylation sites is 1. The highest BCUT2D eigenvalue weighted by molar-refractivity contribution is 6.34. The summed E-state index contributed by atoms with van der Waals surface area (Å²) in [5.41, 5.74) is 0.495. The molecule has 1 heterocycles. The first-order valence-electron chi connectivity index (χ1n) is 6.69. The fourth-order valence-electron chi connectivity index (χ4n) is 2.14. The molecule has 0 unspecified atom stereocenters. The molecule has 5 heteroatoms. The topological polar surface area (TPSA) is 59.3 Å². The van der Waals surface area contributed by atoms with Gasteiger partial charge in [-0.3, -0.25) is 4.79 Å². The third-order valence-electron chi connectivity index (χ3n) is 3.25. The molecule has 0 fully saturated rings. The molecule has 0 atom stereocenters. The number of hydrogen-bond acceptors (Lipinski definition) is 3. The molecule has 0 bridgehead atoms. The van der Waals surface area contributed by atoms with Crippen molar-refractivity contribution in [2.75, 3.05) is 0 Å². The zero-order chi connectivity index (χ0) is 15.5. The second-order valence-electron chi connectivity index (χ2n) is 4.77. The molecule has 0 radical (unpaired) electrons. The Balaban J connectivity index is 1.88. The molecule has 0 aliphatic rings. The van der Waals surface area contributed by atoms with Crippen LogP contribution >= 0.6 is 11.6 Å². The Morgan fingerprint density at radius 1 is 1.09 bits per heavy atom. The van der Waals surface area contributed by atoms with Crippen LogP contribution in [0, 0.1) is 0 Å². The van der Waals surface area contributed by atoms with Gasteiger partial charge in [-0.15, -0.1) is 0 Å². The highest BCUT2D eigenvalue weighted by atomic mass is 35.5. The fourth-order valence-corrected chi connectivity index (χ4v) is 2.36. The lowest BCUT2D eigenvalue weighted by Gasteiger charge is -2.06. The van der Waals surface area contributed by atoms with E-state index in [1.165, 1.54) is 6.07 Å². The van der Waals surface area contributed by atoms with Gasteiger partial charge >= 0.3 is 5.63 Å². The summed E-state index contributed by atoms with van der Waals surface area (Å²) < 4.78 is 5.15. The second-order valence-corrected chi connectivity index (χ2v) is 5.18. The van der Waals surface area contributed by atoms with Gasteiger partial charge in [0.2, 0.25) is 0 Å². The van der Waals surface area contributed by atoms with Gasteiger partial charge in [0.15, 0.2) is 5.58 Å². The van der Waals surface area contributed by atoms with Crippen molar-refractivity contribution in [3.8, 4) is 0 Å². The van der Waals surface area contributed by atoms with Crippen molar-refractivity contribution in [2.45, 2.75) is 6.54 Å².